The van der Waals surface area contributed by atoms with Crippen LogP contribution in [-0.4, -0.2) is 36.7 Å². The highest BCUT2D eigenvalue weighted by atomic mass is 79.9. The third-order valence-corrected chi connectivity index (χ3v) is 4.26. The fourth-order valence-electron chi connectivity index (χ4n) is 2.97. The van der Waals surface area contributed by atoms with Gasteiger partial charge in [-0.1, -0.05) is 15.9 Å². The number of halogens is 1. The van der Waals surface area contributed by atoms with Crippen LogP contribution in [-0.2, 0) is 13.0 Å². The van der Waals surface area contributed by atoms with E-state index in [1.165, 1.54) is 11.1 Å². The highest BCUT2D eigenvalue weighted by Gasteiger charge is 2.32. The normalized spacial score (nSPS) is 22.1. The lowest BCUT2D eigenvalue weighted by Crippen LogP contribution is -2.42. The highest BCUT2D eigenvalue weighted by molar-refractivity contribution is 9.10. The molecule has 1 fully saturated rings. The van der Waals surface area contributed by atoms with Gasteiger partial charge in [-0.25, -0.2) is 0 Å². The lowest BCUT2D eigenvalue weighted by Gasteiger charge is -2.28. The largest absolute Gasteiger partial charge is 0.487 e. The molecular weight excluding hydrogens is 304 g/mol. The molecule has 3 nitrogen and oxygen atoms in total. The molecule has 0 radical (unpaired) electrons. The number of rotatable bonds is 2. The maximum Gasteiger partial charge on any atom is 0.128 e. The molecule has 0 aliphatic carbocycles. The first-order valence-corrected chi connectivity index (χ1v) is 7.76. The van der Waals surface area contributed by atoms with Crippen molar-refractivity contribution in [3.05, 3.63) is 27.7 Å². The molecule has 0 saturated carbocycles. The van der Waals surface area contributed by atoms with Crippen molar-refractivity contribution in [3.63, 3.8) is 0 Å². The van der Waals surface area contributed by atoms with Gasteiger partial charge in [0, 0.05) is 49.2 Å². The van der Waals surface area contributed by atoms with Crippen LogP contribution in [0.15, 0.2) is 16.6 Å². The lowest BCUT2D eigenvalue weighted by molar-refractivity contribution is 0.134. The summed E-state index contributed by atoms with van der Waals surface area (Å²) in [6, 6.07) is 4.41. The number of ether oxygens (including phenoxy) is 1. The van der Waals surface area contributed by atoms with Gasteiger partial charge in [-0.3, -0.25) is 4.90 Å². The molecule has 1 N–H and O–H groups in total. The zero-order chi connectivity index (χ0) is 13.5. The number of nitrogens with one attached hydrogen (secondary N) is 1. The molecule has 0 unspecified atom stereocenters. The molecule has 2 heterocycles. The Kier molecular flexibility index (Phi) is 3.58. The van der Waals surface area contributed by atoms with Gasteiger partial charge < -0.3 is 10.1 Å². The third kappa shape index (κ3) is 2.96. The summed E-state index contributed by atoms with van der Waals surface area (Å²) in [7, 11) is 0. The van der Waals surface area contributed by atoms with Crippen LogP contribution < -0.4 is 10.1 Å². The summed E-state index contributed by atoms with van der Waals surface area (Å²) in [4.78, 5) is 2.49. The monoisotopic (exact) mass is 324 g/mol. The van der Waals surface area contributed by atoms with Gasteiger partial charge in [0.2, 0.25) is 0 Å². The summed E-state index contributed by atoms with van der Waals surface area (Å²) in [5.41, 5.74) is 2.59. The predicted molar refractivity (Wildman–Crippen MR) is 80.7 cm³/mol. The molecule has 0 atom stereocenters. The zero-order valence-corrected chi connectivity index (χ0v) is 13.2. The van der Waals surface area contributed by atoms with E-state index in [4.69, 9.17) is 4.74 Å². The average molecular weight is 325 g/mol. The molecule has 2 aliphatic rings. The van der Waals surface area contributed by atoms with Crippen LogP contribution >= 0.6 is 15.9 Å². The van der Waals surface area contributed by atoms with Crippen molar-refractivity contribution in [1.82, 2.24) is 10.2 Å². The lowest BCUT2D eigenvalue weighted by atomic mass is 10.0. The van der Waals surface area contributed by atoms with E-state index in [1.54, 1.807) is 0 Å². The van der Waals surface area contributed by atoms with Gasteiger partial charge in [0.15, 0.2) is 0 Å². The SMILES string of the molecule is CC1(C)Cc2cc(Br)cc(CN3CCNCC3)c2O1. The minimum absolute atomic E-state index is 0.0681. The van der Waals surface area contributed by atoms with Crippen molar-refractivity contribution in [1.29, 1.82) is 0 Å². The standard InChI is InChI=1S/C15H21BrN2O/c1-15(2)9-11-7-13(16)8-12(14(11)19-15)10-18-5-3-17-4-6-18/h7-8,17H,3-6,9-10H2,1-2H3. The van der Waals surface area contributed by atoms with Crippen LogP contribution in [0.4, 0.5) is 0 Å². The van der Waals surface area contributed by atoms with E-state index < -0.39 is 0 Å². The topological polar surface area (TPSA) is 24.5 Å². The fraction of sp³-hybridized carbons (Fsp3) is 0.600. The molecule has 2 aliphatic heterocycles. The quantitative estimate of drug-likeness (QED) is 0.904. The number of hydrogen-bond donors (Lipinski definition) is 1. The molecular formula is C15H21BrN2O. The van der Waals surface area contributed by atoms with E-state index in [9.17, 15) is 0 Å². The number of nitrogens with zero attached hydrogens (tertiary/aromatic N) is 1. The van der Waals surface area contributed by atoms with E-state index >= 15 is 0 Å². The molecule has 19 heavy (non-hydrogen) atoms. The van der Waals surface area contributed by atoms with E-state index in [-0.39, 0.29) is 5.60 Å². The Morgan fingerprint density at radius 2 is 2.05 bits per heavy atom. The van der Waals surface area contributed by atoms with E-state index in [2.05, 4.69) is 52.1 Å². The minimum Gasteiger partial charge on any atom is -0.487 e. The maximum absolute atomic E-state index is 6.16. The highest BCUT2D eigenvalue weighted by Crippen LogP contribution is 2.40. The first kappa shape index (κ1) is 13.4. The Bertz CT molecular complexity index is 481. The number of fused-ring (bicyclic) bond motifs is 1. The van der Waals surface area contributed by atoms with Crippen LogP contribution in [0, 0.1) is 0 Å². The molecule has 0 bridgehead atoms. The Morgan fingerprint density at radius 3 is 2.79 bits per heavy atom. The summed E-state index contributed by atoms with van der Waals surface area (Å²) < 4.78 is 7.32. The van der Waals surface area contributed by atoms with Gasteiger partial charge in [0.25, 0.3) is 0 Å². The Morgan fingerprint density at radius 1 is 1.32 bits per heavy atom. The van der Waals surface area contributed by atoms with Crippen molar-refractivity contribution < 1.29 is 4.74 Å². The second kappa shape index (κ2) is 5.08. The van der Waals surface area contributed by atoms with E-state index in [0.717, 1.165) is 49.4 Å². The molecule has 3 rings (SSSR count). The third-order valence-electron chi connectivity index (χ3n) is 3.81. The summed E-state index contributed by atoms with van der Waals surface area (Å²) in [6.45, 7) is 9.71. The summed E-state index contributed by atoms with van der Waals surface area (Å²) in [5.74, 6) is 1.12. The first-order valence-electron chi connectivity index (χ1n) is 6.97. The maximum atomic E-state index is 6.16. The molecule has 1 saturated heterocycles. The van der Waals surface area contributed by atoms with Crippen LogP contribution in [0.5, 0.6) is 5.75 Å². The first-order chi connectivity index (χ1) is 9.03. The molecule has 1 aromatic rings. The van der Waals surface area contributed by atoms with Crippen LogP contribution in [0.2, 0.25) is 0 Å². The van der Waals surface area contributed by atoms with E-state index in [0.29, 0.717) is 0 Å². The van der Waals surface area contributed by atoms with Crippen LogP contribution in [0.3, 0.4) is 0 Å². The Hall–Kier alpha value is -0.580. The van der Waals surface area contributed by atoms with Crippen molar-refractivity contribution in [2.24, 2.45) is 0 Å². The van der Waals surface area contributed by atoms with Gasteiger partial charge >= 0.3 is 0 Å². The number of hydrogen-bond acceptors (Lipinski definition) is 3. The van der Waals surface area contributed by atoms with Gasteiger partial charge in [-0.2, -0.15) is 0 Å². The molecule has 104 valence electrons. The molecule has 0 spiro atoms. The van der Waals surface area contributed by atoms with E-state index in [1.807, 2.05) is 0 Å². The van der Waals surface area contributed by atoms with Gasteiger partial charge in [-0.15, -0.1) is 0 Å². The second-order valence-corrected chi connectivity index (χ2v) is 7.03. The zero-order valence-electron chi connectivity index (χ0n) is 11.6. The molecule has 1 aromatic carbocycles. The van der Waals surface area contributed by atoms with Crippen LogP contribution in [0.1, 0.15) is 25.0 Å². The fourth-order valence-corrected chi connectivity index (χ4v) is 3.53. The second-order valence-electron chi connectivity index (χ2n) is 6.12. The van der Waals surface area contributed by atoms with Gasteiger partial charge in [-0.05, 0) is 31.5 Å². The number of benzene rings is 1. The Labute approximate surface area is 123 Å². The van der Waals surface area contributed by atoms with Gasteiger partial charge in [0.1, 0.15) is 11.4 Å². The summed E-state index contributed by atoms with van der Waals surface area (Å²) >= 11 is 3.63. The van der Waals surface area contributed by atoms with Crippen molar-refractivity contribution in [2.45, 2.75) is 32.4 Å². The Balaban J connectivity index is 1.85. The van der Waals surface area contributed by atoms with Crippen LogP contribution in [0.25, 0.3) is 0 Å². The predicted octanol–water partition coefficient (Wildman–Crippen LogP) is 2.57. The number of piperazine rings is 1. The smallest absolute Gasteiger partial charge is 0.128 e. The van der Waals surface area contributed by atoms with Crippen molar-refractivity contribution in [3.8, 4) is 5.75 Å². The molecule has 0 aromatic heterocycles. The summed E-state index contributed by atoms with van der Waals surface area (Å²) in [5, 5.41) is 3.40. The summed E-state index contributed by atoms with van der Waals surface area (Å²) in [6.07, 6.45) is 0.996. The molecule has 0 amide bonds. The van der Waals surface area contributed by atoms with Crippen molar-refractivity contribution in [2.75, 3.05) is 26.2 Å². The van der Waals surface area contributed by atoms with Crippen molar-refractivity contribution >= 4 is 15.9 Å². The average Bonchev–Trinajstić information content (AvgIpc) is 2.65. The van der Waals surface area contributed by atoms with Gasteiger partial charge in [0.05, 0.1) is 0 Å². The molecule has 4 heteroatoms. The minimum atomic E-state index is -0.0681.